The van der Waals surface area contributed by atoms with Crippen LogP contribution in [0.4, 0.5) is 0 Å². The van der Waals surface area contributed by atoms with E-state index in [4.69, 9.17) is 9.47 Å². The molecule has 0 spiro atoms. The van der Waals surface area contributed by atoms with Gasteiger partial charge in [-0.3, -0.25) is 0 Å². The molecule has 1 aromatic rings. The van der Waals surface area contributed by atoms with E-state index in [1.165, 1.54) is 23.5 Å². The van der Waals surface area contributed by atoms with Crippen LogP contribution in [0.25, 0.3) is 0 Å². The molecule has 0 atom stereocenters. The maximum Gasteiger partial charge on any atom is 0.161 e. The Kier molecular flexibility index (Phi) is 6.24. The van der Waals surface area contributed by atoms with Gasteiger partial charge >= 0.3 is 0 Å². The smallest absolute Gasteiger partial charge is 0.161 e. The van der Waals surface area contributed by atoms with Gasteiger partial charge in [-0.25, -0.2) is 0 Å². The Balaban J connectivity index is 2.09. The van der Waals surface area contributed by atoms with E-state index in [9.17, 15) is 0 Å². The minimum Gasteiger partial charge on any atom is -0.493 e. The lowest BCUT2D eigenvalue weighted by molar-refractivity contribution is 0.288. The van der Waals surface area contributed by atoms with Gasteiger partial charge in [-0.2, -0.15) is 0 Å². The van der Waals surface area contributed by atoms with Crippen molar-refractivity contribution >= 4 is 23.5 Å². The summed E-state index contributed by atoms with van der Waals surface area (Å²) < 4.78 is 11.8. The molecule has 2 nitrogen and oxygen atoms in total. The van der Waals surface area contributed by atoms with E-state index >= 15 is 0 Å². The predicted molar refractivity (Wildman–Crippen MR) is 85.7 cm³/mol. The highest BCUT2D eigenvalue weighted by Crippen LogP contribution is 2.45. The molecule has 0 aliphatic carbocycles. The van der Waals surface area contributed by atoms with Crippen molar-refractivity contribution in [1.29, 1.82) is 0 Å². The van der Waals surface area contributed by atoms with E-state index in [1.807, 2.05) is 29.6 Å². The molecular formula is C15H22O2S2. The van der Waals surface area contributed by atoms with Crippen LogP contribution < -0.4 is 9.47 Å². The van der Waals surface area contributed by atoms with Crippen molar-refractivity contribution in [3.63, 3.8) is 0 Å². The highest BCUT2D eigenvalue weighted by atomic mass is 32.2. The maximum atomic E-state index is 5.86. The molecule has 4 heteroatoms. The minimum atomic E-state index is 0.549. The van der Waals surface area contributed by atoms with Gasteiger partial charge in [0.15, 0.2) is 11.5 Å². The summed E-state index contributed by atoms with van der Waals surface area (Å²) >= 11 is 4.07. The predicted octanol–water partition coefficient (Wildman–Crippen LogP) is 4.74. The molecule has 0 saturated carbocycles. The number of benzene rings is 1. The van der Waals surface area contributed by atoms with Crippen molar-refractivity contribution < 1.29 is 9.47 Å². The molecule has 106 valence electrons. The first-order valence-electron chi connectivity index (χ1n) is 6.89. The van der Waals surface area contributed by atoms with Crippen LogP contribution in [0.3, 0.4) is 0 Å². The second-order valence-corrected chi connectivity index (χ2v) is 7.26. The van der Waals surface area contributed by atoms with Gasteiger partial charge in [0.1, 0.15) is 0 Å². The molecule has 1 aliphatic heterocycles. The van der Waals surface area contributed by atoms with Gasteiger partial charge < -0.3 is 9.47 Å². The van der Waals surface area contributed by atoms with Crippen LogP contribution >= 0.6 is 23.5 Å². The van der Waals surface area contributed by atoms with E-state index in [1.54, 1.807) is 7.11 Å². The summed E-state index contributed by atoms with van der Waals surface area (Å²) in [5, 5.41) is 0. The molecule has 1 aliphatic rings. The molecule has 1 fully saturated rings. The van der Waals surface area contributed by atoms with Crippen molar-refractivity contribution in [2.45, 2.75) is 30.8 Å². The summed E-state index contributed by atoms with van der Waals surface area (Å²) in [5.41, 5.74) is 1.35. The van der Waals surface area contributed by atoms with Crippen molar-refractivity contribution in [1.82, 2.24) is 0 Å². The molecule has 0 bridgehead atoms. The van der Waals surface area contributed by atoms with Gasteiger partial charge in [-0.1, -0.05) is 19.4 Å². The number of hydrogen-bond donors (Lipinski definition) is 0. The van der Waals surface area contributed by atoms with Crippen molar-refractivity contribution in [3.8, 4) is 11.5 Å². The van der Waals surface area contributed by atoms with Crippen LogP contribution in [-0.2, 0) is 0 Å². The largest absolute Gasteiger partial charge is 0.493 e. The van der Waals surface area contributed by atoms with Gasteiger partial charge in [0.05, 0.1) is 18.3 Å². The highest BCUT2D eigenvalue weighted by Gasteiger charge is 2.18. The zero-order chi connectivity index (χ0) is 13.5. The normalized spacial score (nSPS) is 16.3. The molecule has 19 heavy (non-hydrogen) atoms. The van der Waals surface area contributed by atoms with E-state index in [0.717, 1.165) is 30.9 Å². The fraction of sp³-hybridized carbons (Fsp3) is 0.600. The third kappa shape index (κ3) is 4.25. The lowest BCUT2D eigenvalue weighted by Gasteiger charge is -2.22. The standard InChI is InChI=1S/C15H22O2S2/c1-3-4-8-17-14-11-12(6-7-13(14)16-2)15-18-9-5-10-19-15/h6-7,11,15H,3-5,8-10H2,1-2H3. The van der Waals surface area contributed by atoms with Gasteiger partial charge in [0.2, 0.25) is 0 Å². The second-order valence-electron chi connectivity index (χ2n) is 4.54. The van der Waals surface area contributed by atoms with E-state index in [-0.39, 0.29) is 0 Å². The van der Waals surface area contributed by atoms with Gasteiger partial charge in [0, 0.05) is 0 Å². The first-order chi connectivity index (χ1) is 9.35. The Hall–Kier alpha value is -0.480. The van der Waals surface area contributed by atoms with Crippen LogP contribution in [0.2, 0.25) is 0 Å². The zero-order valence-electron chi connectivity index (χ0n) is 11.7. The van der Waals surface area contributed by atoms with Gasteiger partial charge in [0.25, 0.3) is 0 Å². The number of methoxy groups -OCH3 is 1. The molecule has 0 radical (unpaired) electrons. The summed E-state index contributed by atoms with van der Waals surface area (Å²) in [4.78, 5) is 0. The zero-order valence-corrected chi connectivity index (χ0v) is 13.3. The molecule has 1 saturated heterocycles. The fourth-order valence-corrected chi connectivity index (χ4v) is 4.83. The van der Waals surface area contributed by atoms with Crippen LogP contribution in [0, 0.1) is 0 Å². The summed E-state index contributed by atoms with van der Waals surface area (Å²) in [6.45, 7) is 2.94. The number of unbranched alkanes of at least 4 members (excludes halogenated alkanes) is 1. The lowest BCUT2D eigenvalue weighted by atomic mass is 10.2. The molecule has 1 heterocycles. The Bertz CT molecular complexity index is 390. The molecule has 1 aromatic carbocycles. The van der Waals surface area contributed by atoms with E-state index in [2.05, 4.69) is 19.1 Å². The van der Waals surface area contributed by atoms with E-state index < -0.39 is 0 Å². The maximum absolute atomic E-state index is 5.86. The summed E-state index contributed by atoms with van der Waals surface area (Å²) in [5.74, 6) is 4.25. The average molecular weight is 298 g/mol. The Morgan fingerprint density at radius 1 is 1.21 bits per heavy atom. The minimum absolute atomic E-state index is 0.549. The fourth-order valence-electron chi connectivity index (χ4n) is 1.96. The summed E-state index contributed by atoms with van der Waals surface area (Å²) in [6.07, 6.45) is 3.55. The summed E-state index contributed by atoms with van der Waals surface area (Å²) in [7, 11) is 1.70. The number of thioether (sulfide) groups is 2. The van der Waals surface area contributed by atoms with Crippen molar-refractivity contribution in [2.75, 3.05) is 25.2 Å². The number of ether oxygens (including phenoxy) is 2. The van der Waals surface area contributed by atoms with Crippen molar-refractivity contribution in [2.24, 2.45) is 0 Å². The molecule has 2 rings (SSSR count). The van der Waals surface area contributed by atoms with Gasteiger partial charge in [-0.05, 0) is 42.0 Å². The van der Waals surface area contributed by atoms with Gasteiger partial charge in [-0.15, -0.1) is 23.5 Å². The highest BCUT2D eigenvalue weighted by molar-refractivity contribution is 8.16. The average Bonchev–Trinajstić information content (AvgIpc) is 2.48. The third-order valence-corrected chi connectivity index (χ3v) is 6.06. The Labute approximate surface area is 124 Å². The first-order valence-corrected chi connectivity index (χ1v) is 8.99. The monoisotopic (exact) mass is 298 g/mol. The molecule has 0 amide bonds. The van der Waals surface area contributed by atoms with E-state index in [0.29, 0.717) is 4.58 Å². The summed E-state index contributed by atoms with van der Waals surface area (Å²) in [6, 6.07) is 6.36. The third-order valence-electron chi connectivity index (χ3n) is 3.04. The van der Waals surface area contributed by atoms with Crippen LogP contribution in [-0.4, -0.2) is 25.2 Å². The SMILES string of the molecule is CCCCOc1cc(C2SCCCS2)ccc1OC. The Morgan fingerprint density at radius 2 is 2.00 bits per heavy atom. The Morgan fingerprint density at radius 3 is 2.68 bits per heavy atom. The van der Waals surface area contributed by atoms with Crippen molar-refractivity contribution in [3.05, 3.63) is 23.8 Å². The quantitative estimate of drug-likeness (QED) is 0.706. The second kappa shape index (κ2) is 7.95. The topological polar surface area (TPSA) is 18.5 Å². The van der Waals surface area contributed by atoms with Crippen LogP contribution in [0.15, 0.2) is 18.2 Å². The number of hydrogen-bond acceptors (Lipinski definition) is 4. The molecule has 0 aromatic heterocycles. The number of rotatable bonds is 6. The lowest BCUT2D eigenvalue weighted by Crippen LogP contribution is -2.03. The molecular weight excluding hydrogens is 276 g/mol. The van der Waals surface area contributed by atoms with Crippen LogP contribution in [0.5, 0.6) is 11.5 Å². The first kappa shape index (κ1) is 14.9. The van der Waals surface area contributed by atoms with Crippen LogP contribution in [0.1, 0.15) is 36.3 Å². The molecule has 0 N–H and O–H groups in total. The molecule has 0 unspecified atom stereocenters.